The molecule has 0 unspecified atom stereocenters. The minimum Gasteiger partial charge on any atom is -0.481 e. The van der Waals surface area contributed by atoms with E-state index in [1.54, 1.807) is 0 Å². The average Bonchev–Trinajstić information content (AvgIpc) is 2.26. The van der Waals surface area contributed by atoms with Gasteiger partial charge in [-0.15, -0.1) is 0 Å². The van der Waals surface area contributed by atoms with E-state index >= 15 is 0 Å². The molecule has 0 atom stereocenters. The first-order chi connectivity index (χ1) is 8.49. The van der Waals surface area contributed by atoms with E-state index < -0.39 is 11.8 Å². The largest absolute Gasteiger partial charge is 0.481 e. The molecular formula is C12H13BrFNO3. The molecule has 6 heteroatoms. The van der Waals surface area contributed by atoms with Gasteiger partial charge in [0.1, 0.15) is 5.82 Å². The fourth-order valence-electron chi connectivity index (χ4n) is 1.39. The van der Waals surface area contributed by atoms with Gasteiger partial charge in [-0.2, -0.15) is 0 Å². The minimum atomic E-state index is -0.851. The second kappa shape index (κ2) is 7.10. The van der Waals surface area contributed by atoms with Gasteiger partial charge in [-0.05, 0) is 31.0 Å². The maximum Gasteiger partial charge on any atom is 0.303 e. The van der Waals surface area contributed by atoms with Crippen LogP contribution in [0.2, 0.25) is 0 Å². The molecule has 0 saturated heterocycles. The van der Waals surface area contributed by atoms with Crippen molar-refractivity contribution in [2.45, 2.75) is 19.3 Å². The van der Waals surface area contributed by atoms with Crippen LogP contribution in [0.5, 0.6) is 0 Å². The summed E-state index contributed by atoms with van der Waals surface area (Å²) in [5.74, 6) is -1.71. The number of carbonyl (C=O) groups is 2. The van der Waals surface area contributed by atoms with Crippen molar-refractivity contribution in [1.82, 2.24) is 5.32 Å². The summed E-state index contributed by atoms with van der Waals surface area (Å²) in [6.07, 6.45) is 1.17. The van der Waals surface area contributed by atoms with Crippen LogP contribution in [0, 0.1) is 5.82 Å². The van der Waals surface area contributed by atoms with Gasteiger partial charge in [-0.1, -0.05) is 15.9 Å². The highest BCUT2D eigenvalue weighted by Gasteiger charge is 2.07. The summed E-state index contributed by atoms with van der Waals surface area (Å²) in [4.78, 5) is 21.9. The van der Waals surface area contributed by atoms with Gasteiger partial charge in [-0.3, -0.25) is 9.59 Å². The number of hydrogen-bond donors (Lipinski definition) is 2. The molecule has 1 rings (SSSR count). The fraction of sp³-hybridized carbons (Fsp3) is 0.333. The van der Waals surface area contributed by atoms with Gasteiger partial charge in [0.15, 0.2) is 0 Å². The second-order valence-electron chi connectivity index (χ2n) is 3.76. The highest BCUT2D eigenvalue weighted by atomic mass is 79.9. The minimum absolute atomic E-state index is 0.0847. The van der Waals surface area contributed by atoms with Crippen LogP contribution in [0.3, 0.4) is 0 Å². The summed E-state index contributed by atoms with van der Waals surface area (Å²) in [6, 6.07) is 3.94. The van der Waals surface area contributed by atoms with Crippen LogP contribution < -0.4 is 5.32 Å². The number of carboxylic acids is 1. The Morgan fingerprint density at radius 2 is 2.00 bits per heavy atom. The molecule has 98 valence electrons. The van der Waals surface area contributed by atoms with Crippen molar-refractivity contribution in [3.05, 3.63) is 34.1 Å². The molecule has 18 heavy (non-hydrogen) atoms. The topological polar surface area (TPSA) is 66.4 Å². The number of rotatable bonds is 6. The zero-order valence-corrected chi connectivity index (χ0v) is 11.2. The lowest BCUT2D eigenvalue weighted by Gasteiger charge is -2.05. The Kier molecular flexibility index (Phi) is 5.77. The lowest BCUT2D eigenvalue weighted by Crippen LogP contribution is -2.24. The van der Waals surface area contributed by atoms with Crippen LogP contribution in [0.25, 0.3) is 0 Å². The standard InChI is InChI=1S/C12H13BrFNO3/c13-9-5-8(6-10(14)7-9)12(18)15-4-2-1-3-11(16)17/h5-7H,1-4H2,(H,15,18)(H,16,17). The van der Waals surface area contributed by atoms with Crippen molar-refractivity contribution in [1.29, 1.82) is 0 Å². The predicted octanol–water partition coefficient (Wildman–Crippen LogP) is 2.57. The highest BCUT2D eigenvalue weighted by Crippen LogP contribution is 2.14. The molecule has 0 fully saturated rings. The van der Waals surface area contributed by atoms with E-state index in [-0.39, 0.29) is 17.9 Å². The number of carboxylic acid groups (broad SMARTS) is 1. The van der Waals surface area contributed by atoms with Gasteiger partial charge in [0, 0.05) is 23.0 Å². The summed E-state index contributed by atoms with van der Waals surface area (Å²) in [5, 5.41) is 11.0. The molecule has 0 aliphatic rings. The smallest absolute Gasteiger partial charge is 0.303 e. The van der Waals surface area contributed by atoms with Crippen LogP contribution in [0.4, 0.5) is 4.39 Å². The molecule has 0 saturated carbocycles. The van der Waals surface area contributed by atoms with Gasteiger partial charge >= 0.3 is 5.97 Å². The monoisotopic (exact) mass is 317 g/mol. The molecule has 1 aromatic rings. The number of nitrogens with one attached hydrogen (secondary N) is 1. The first-order valence-corrected chi connectivity index (χ1v) is 6.24. The van der Waals surface area contributed by atoms with Gasteiger partial charge in [-0.25, -0.2) is 4.39 Å². The lowest BCUT2D eigenvalue weighted by atomic mass is 10.2. The van der Waals surface area contributed by atoms with E-state index in [2.05, 4.69) is 21.2 Å². The van der Waals surface area contributed by atoms with Gasteiger partial charge in [0.05, 0.1) is 0 Å². The van der Waals surface area contributed by atoms with Crippen LogP contribution >= 0.6 is 15.9 Å². The number of aliphatic carboxylic acids is 1. The summed E-state index contributed by atoms with van der Waals surface area (Å²) in [6.45, 7) is 0.375. The Morgan fingerprint density at radius 1 is 1.28 bits per heavy atom. The number of unbranched alkanes of at least 4 members (excludes halogenated alkanes) is 1. The van der Waals surface area contributed by atoms with Crippen LogP contribution in [-0.2, 0) is 4.79 Å². The molecular weight excluding hydrogens is 305 g/mol. The molecule has 4 nitrogen and oxygen atoms in total. The molecule has 0 radical (unpaired) electrons. The van der Waals surface area contributed by atoms with Crippen molar-refractivity contribution >= 4 is 27.8 Å². The Morgan fingerprint density at radius 3 is 2.61 bits per heavy atom. The third kappa shape index (κ3) is 5.27. The maximum atomic E-state index is 13.0. The first-order valence-electron chi connectivity index (χ1n) is 5.45. The Labute approximate surface area is 112 Å². The molecule has 0 heterocycles. The van der Waals surface area contributed by atoms with Crippen LogP contribution in [0.15, 0.2) is 22.7 Å². The normalized spacial score (nSPS) is 10.1. The van der Waals surface area contributed by atoms with E-state index in [1.165, 1.54) is 12.1 Å². The molecule has 0 spiro atoms. The highest BCUT2D eigenvalue weighted by molar-refractivity contribution is 9.10. The molecule has 0 bridgehead atoms. The van der Waals surface area contributed by atoms with E-state index in [4.69, 9.17) is 5.11 Å². The van der Waals surface area contributed by atoms with Gasteiger partial charge < -0.3 is 10.4 Å². The molecule has 0 aliphatic heterocycles. The Bertz CT molecular complexity index is 431. The third-order valence-electron chi connectivity index (χ3n) is 2.23. The average molecular weight is 318 g/mol. The summed E-state index contributed by atoms with van der Waals surface area (Å²) in [7, 11) is 0. The van der Waals surface area contributed by atoms with Crippen molar-refractivity contribution < 1.29 is 19.1 Å². The van der Waals surface area contributed by atoms with E-state index in [0.29, 0.717) is 23.9 Å². The number of benzene rings is 1. The zero-order valence-electron chi connectivity index (χ0n) is 9.58. The number of halogens is 2. The fourth-order valence-corrected chi connectivity index (χ4v) is 1.86. The number of amides is 1. The maximum absolute atomic E-state index is 13.0. The van der Waals surface area contributed by atoms with Crippen LogP contribution in [-0.4, -0.2) is 23.5 Å². The number of hydrogen-bond acceptors (Lipinski definition) is 2. The van der Waals surface area contributed by atoms with E-state index in [0.717, 1.165) is 6.07 Å². The van der Waals surface area contributed by atoms with Crippen molar-refractivity contribution in [2.24, 2.45) is 0 Å². The van der Waals surface area contributed by atoms with Crippen molar-refractivity contribution in [2.75, 3.05) is 6.54 Å². The summed E-state index contributed by atoms with van der Waals surface area (Å²) in [5.41, 5.74) is 0.236. The Balaban J connectivity index is 2.38. The van der Waals surface area contributed by atoms with Crippen molar-refractivity contribution in [3.63, 3.8) is 0 Å². The first kappa shape index (κ1) is 14.6. The third-order valence-corrected chi connectivity index (χ3v) is 2.69. The molecule has 1 aromatic carbocycles. The van der Waals surface area contributed by atoms with Crippen LogP contribution in [0.1, 0.15) is 29.6 Å². The van der Waals surface area contributed by atoms with Gasteiger partial charge in [0.25, 0.3) is 5.91 Å². The SMILES string of the molecule is O=C(O)CCCCNC(=O)c1cc(F)cc(Br)c1. The predicted molar refractivity (Wildman–Crippen MR) is 67.9 cm³/mol. The van der Waals surface area contributed by atoms with Crippen molar-refractivity contribution in [3.8, 4) is 0 Å². The summed E-state index contributed by atoms with van der Waals surface area (Å²) >= 11 is 3.10. The quantitative estimate of drug-likeness (QED) is 0.792. The Hall–Kier alpha value is -1.43. The molecule has 0 aromatic heterocycles. The van der Waals surface area contributed by atoms with E-state index in [9.17, 15) is 14.0 Å². The molecule has 1 amide bonds. The second-order valence-corrected chi connectivity index (χ2v) is 4.68. The molecule has 0 aliphatic carbocycles. The van der Waals surface area contributed by atoms with Gasteiger partial charge in [0.2, 0.25) is 0 Å². The number of carbonyl (C=O) groups excluding carboxylic acids is 1. The zero-order chi connectivity index (χ0) is 13.5. The summed E-state index contributed by atoms with van der Waals surface area (Å²) < 4.78 is 13.5. The molecule has 2 N–H and O–H groups in total. The lowest BCUT2D eigenvalue weighted by molar-refractivity contribution is -0.137. The van der Waals surface area contributed by atoms with E-state index in [1.807, 2.05) is 0 Å².